The second-order valence-corrected chi connectivity index (χ2v) is 5.21. The highest BCUT2D eigenvalue weighted by Crippen LogP contribution is 2.17. The largest absolute Gasteiger partial charge is 0.384 e. The van der Waals surface area contributed by atoms with Crippen molar-refractivity contribution in [1.29, 1.82) is 0 Å². The number of hydrogen-bond donors (Lipinski definition) is 1. The fourth-order valence-electron chi connectivity index (χ4n) is 2.01. The Hall–Kier alpha value is -1.58. The summed E-state index contributed by atoms with van der Waals surface area (Å²) < 4.78 is 0. The van der Waals surface area contributed by atoms with E-state index in [9.17, 15) is 4.79 Å². The van der Waals surface area contributed by atoms with Crippen LogP contribution in [0.25, 0.3) is 0 Å². The summed E-state index contributed by atoms with van der Waals surface area (Å²) in [5, 5.41) is 3.30. The number of hydrogen-bond acceptors (Lipinski definition) is 3. The van der Waals surface area contributed by atoms with Crippen LogP contribution in [0.1, 0.15) is 50.9 Å². The second kappa shape index (κ2) is 8.56. The molecule has 1 aromatic rings. The van der Waals surface area contributed by atoms with Gasteiger partial charge in [-0.15, -0.1) is 0 Å². The lowest BCUT2D eigenvalue weighted by atomic mass is 10.1. The minimum atomic E-state index is 0.0690. The van der Waals surface area contributed by atoms with Crippen LogP contribution in [-0.2, 0) is 0 Å². The lowest BCUT2D eigenvalue weighted by molar-refractivity contribution is 0.0741. The minimum Gasteiger partial charge on any atom is -0.384 e. The molecular formula is C16H27N3O. The molecule has 0 aromatic carbocycles. The number of nitrogens with zero attached hydrogens (tertiary/aromatic N) is 2. The molecule has 1 aromatic heterocycles. The second-order valence-electron chi connectivity index (χ2n) is 5.21. The van der Waals surface area contributed by atoms with Crippen LogP contribution in [0.2, 0.25) is 0 Å². The average Bonchev–Trinajstić information content (AvgIpc) is 2.49. The third kappa shape index (κ3) is 4.51. The molecule has 0 aliphatic rings. The van der Waals surface area contributed by atoms with Crippen LogP contribution in [0.5, 0.6) is 0 Å². The van der Waals surface area contributed by atoms with Gasteiger partial charge in [0, 0.05) is 32.0 Å². The molecule has 0 aliphatic carbocycles. The van der Waals surface area contributed by atoms with Crippen LogP contribution >= 0.6 is 0 Å². The number of carbonyl (C=O) groups is 1. The maximum Gasteiger partial charge on any atom is 0.257 e. The van der Waals surface area contributed by atoms with Gasteiger partial charge in [-0.3, -0.25) is 9.78 Å². The van der Waals surface area contributed by atoms with Gasteiger partial charge in [0.2, 0.25) is 0 Å². The molecule has 0 bridgehead atoms. The van der Waals surface area contributed by atoms with Gasteiger partial charge >= 0.3 is 0 Å². The molecule has 4 heteroatoms. The molecule has 0 saturated heterocycles. The first kappa shape index (κ1) is 16.5. The summed E-state index contributed by atoms with van der Waals surface area (Å²) in [4.78, 5) is 18.7. The van der Waals surface area contributed by atoms with E-state index < -0.39 is 0 Å². The standard InChI is InChI=1S/C16H27N3O/c1-5-9-18-15-8-10-17-11-14(15)16(20)19(7-3)12-13(4)6-2/h8,10-11,13H,5-7,9,12H2,1-4H3,(H,17,18). The molecule has 112 valence electrons. The Morgan fingerprint density at radius 2 is 2.15 bits per heavy atom. The first-order valence-electron chi connectivity index (χ1n) is 7.61. The Kier molecular flexibility index (Phi) is 7.05. The van der Waals surface area contributed by atoms with E-state index in [1.54, 1.807) is 12.4 Å². The normalized spacial score (nSPS) is 12.0. The first-order valence-corrected chi connectivity index (χ1v) is 7.61. The fraction of sp³-hybridized carbons (Fsp3) is 0.625. The zero-order valence-electron chi connectivity index (χ0n) is 13.1. The average molecular weight is 277 g/mol. The summed E-state index contributed by atoms with van der Waals surface area (Å²) in [6.07, 6.45) is 5.50. The fourth-order valence-corrected chi connectivity index (χ4v) is 2.01. The molecule has 1 unspecified atom stereocenters. The van der Waals surface area contributed by atoms with E-state index in [4.69, 9.17) is 0 Å². The van der Waals surface area contributed by atoms with Crippen LogP contribution in [-0.4, -0.2) is 35.4 Å². The summed E-state index contributed by atoms with van der Waals surface area (Å²) in [6, 6.07) is 1.87. The van der Waals surface area contributed by atoms with Crippen molar-refractivity contribution >= 4 is 11.6 Å². The van der Waals surface area contributed by atoms with Crippen LogP contribution in [0.15, 0.2) is 18.5 Å². The number of aromatic nitrogens is 1. The molecule has 20 heavy (non-hydrogen) atoms. The van der Waals surface area contributed by atoms with E-state index in [2.05, 4.69) is 31.1 Å². The Morgan fingerprint density at radius 1 is 1.40 bits per heavy atom. The zero-order valence-corrected chi connectivity index (χ0v) is 13.1. The van der Waals surface area contributed by atoms with Crippen LogP contribution in [0.4, 0.5) is 5.69 Å². The molecule has 1 heterocycles. The maximum absolute atomic E-state index is 12.7. The van der Waals surface area contributed by atoms with Crippen LogP contribution in [0, 0.1) is 5.92 Å². The lowest BCUT2D eigenvalue weighted by Crippen LogP contribution is -2.35. The highest BCUT2D eigenvalue weighted by molar-refractivity contribution is 5.99. The summed E-state index contributed by atoms with van der Waals surface area (Å²) in [6.45, 7) is 10.9. The molecule has 0 saturated carbocycles. The number of anilines is 1. The molecule has 4 nitrogen and oxygen atoms in total. The summed E-state index contributed by atoms with van der Waals surface area (Å²) in [7, 11) is 0. The highest BCUT2D eigenvalue weighted by Gasteiger charge is 2.19. The topological polar surface area (TPSA) is 45.2 Å². The van der Waals surface area contributed by atoms with Gasteiger partial charge in [0.1, 0.15) is 0 Å². The first-order chi connectivity index (χ1) is 9.63. The Morgan fingerprint density at radius 3 is 2.75 bits per heavy atom. The minimum absolute atomic E-state index is 0.0690. The van der Waals surface area contributed by atoms with Crippen molar-refractivity contribution in [3.05, 3.63) is 24.0 Å². The number of nitrogens with one attached hydrogen (secondary N) is 1. The van der Waals surface area contributed by atoms with Crippen LogP contribution in [0.3, 0.4) is 0 Å². The van der Waals surface area contributed by atoms with Gasteiger partial charge in [-0.1, -0.05) is 27.2 Å². The monoisotopic (exact) mass is 277 g/mol. The van der Waals surface area contributed by atoms with Crippen molar-refractivity contribution in [3.63, 3.8) is 0 Å². The highest BCUT2D eigenvalue weighted by atomic mass is 16.2. The molecule has 0 fully saturated rings. The van der Waals surface area contributed by atoms with E-state index in [0.29, 0.717) is 11.5 Å². The van der Waals surface area contributed by atoms with Gasteiger partial charge in [-0.25, -0.2) is 0 Å². The van der Waals surface area contributed by atoms with Gasteiger partial charge in [0.05, 0.1) is 11.3 Å². The SMILES string of the molecule is CCCNc1ccncc1C(=O)N(CC)CC(C)CC. The van der Waals surface area contributed by atoms with Crippen LogP contribution < -0.4 is 5.32 Å². The van der Waals surface area contributed by atoms with E-state index in [1.165, 1.54) is 0 Å². The lowest BCUT2D eigenvalue weighted by Gasteiger charge is -2.25. The van der Waals surface area contributed by atoms with E-state index in [0.717, 1.165) is 38.2 Å². The Labute approximate surface area is 122 Å². The van der Waals surface area contributed by atoms with Gasteiger partial charge in [-0.2, -0.15) is 0 Å². The van der Waals surface area contributed by atoms with Gasteiger partial charge in [0.25, 0.3) is 5.91 Å². The van der Waals surface area contributed by atoms with Crippen molar-refractivity contribution in [2.75, 3.05) is 25.0 Å². The van der Waals surface area contributed by atoms with E-state index in [-0.39, 0.29) is 5.91 Å². The smallest absolute Gasteiger partial charge is 0.257 e. The number of carbonyl (C=O) groups excluding carboxylic acids is 1. The third-order valence-electron chi connectivity index (χ3n) is 3.51. The van der Waals surface area contributed by atoms with Crippen molar-refractivity contribution in [3.8, 4) is 0 Å². The molecular weight excluding hydrogens is 250 g/mol. The summed E-state index contributed by atoms with van der Waals surface area (Å²) in [5.41, 5.74) is 1.56. The molecule has 0 spiro atoms. The Balaban J connectivity index is 2.88. The number of rotatable bonds is 8. The van der Waals surface area contributed by atoms with Crippen molar-refractivity contribution in [1.82, 2.24) is 9.88 Å². The molecule has 1 amide bonds. The van der Waals surface area contributed by atoms with Gasteiger partial charge in [-0.05, 0) is 25.3 Å². The molecule has 1 rings (SSSR count). The quantitative estimate of drug-likeness (QED) is 0.792. The van der Waals surface area contributed by atoms with Gasteiger partial charge in [0.15, 0.2) is 0 Å². The number of amides is 1. The van der Waals surface area contributed by atoms with Crippen molar-refractivity contribution in [2.24, 2.45) is 5.92 Å². The predicted octanol–water partition coefficient (Wildman–Crippen LogP) is 3.41. The Bertz CT molecular complexity index is 420. The third-order valence-corrected chi connectivity index (χ3v) is 3.51. The maximum atomic E-state index is 12.7. The van der Waals surface area contributed by atoms with E-state index in [1.807, 2.05) is 17.9 Å². The summed E-state index contributed by atoms with van der Waals surface area (Å²) >= 11 is 0. The van der Waals surface area contributed by atoms with E-state index >= 15 is 0 Å². The molecule has 0 radical (unpaired) electrons. The zero-order chi connectivity index (χ0) is 15.0. The summed E-state index contributed by atoms with van der Waals surface area (Å²) in [5.74, 6) is 0.585. The van der Waals surface area contributed by atoms with Crippen molar-refractivity contribution < 1.29 is 4.79 Å². The predicted molar refractivity (Wildman–Crippen MR) is 84.1 cm³/mol. The molecule has 1 N–H and O–H groups in total. The molecule has 0 aliphatic heterocycles. The van der Waals surface area contributed by atoms with Gasteiger partial charge < -0.3 is 10.2 Å². The van der Waals surface area contributed by atoms with Crippen molar-refractivity contribution in [2.45, 2.75) is 40.5 Å². The number of pyridine rings is 1. The molecule has 1 atom stereocenters.